The fraction of sp³-hybridized carbons (Fsp3) is 0.412. The summed E-state index contributed by atoms with van der Waals surface area (Å²) in [5.41, 5.74) is 0.945. The quantitative estimate of drug-likeness (QED) is 0.238. The van der Waals surface area contributed by atoms with Crippen LogP contribution >= 0.6 is 0 Å². The van der Waals surface area contributed by atoms with Gasteiger partial charge in [-0.2, -0.15) is 4.31 Å². The second kappa shape index (κ2) is 15.8. The number of benzene rings is 3. The van der Waals surface area contributed by atoms with Gasteiger partial charge in [-0.25, -0.2) is 13.2 Å². The molecule has 0 bridgehead atoms. The van der Waals surface area contributed by atoms with E-state index in [4.69, 9.17) is 4.74 Å². The summed E-state index contributed by atoms with van der Waals surface area (Å²) in [6.07, 6.45) is -1.77. The number of sulfonamides is 1. The van der Waals surface area contributed by atoms with Crippen LogP contribution in [0.4, 0.5) is 4.79 Å². The number of nitrogens with one attached hydrogen (secondary N) is 2. The molecule has 9 nitrogen and oxygen atoms in total. The normalized spacial score (nSPS) is 14.1. The summed E-state index contributed by atoms with van der Waals surface area (Å²) in [5.74, 6) is -0.533. The number of ether oxygens (including phenoxy) is 1. The zero-order chi connectivity index (χ0) is 32.3. The van der Waals surface area contributed by atoms with Gasteiger partial charge in [-0.1, -0.05) is 113 Å². The van der Waals surface area contributed by atoms with Gasteiger partial charge in [0.15, 0.2) is 0 Å². The molecule has 3 atom stereocenters. The van der Waals surface area contributed by atoms with Crippen molar-refractivity contribution in [1.82, 2.24) is 14.9 Å². The number of nitrogens with zero attached hydrogens (tertiary/aromatic N) is 1. The molecule has 0 spiro atoms. The lowest BCUT2D eigenvalue weighted by atomic mass is 9.85. The Kier molecular flexibility index (Phi) is 12.5. The van der Waals surface area contributed by atoms with E-state index in [1.54, 1.807) is 18.2 Å². The van der Waals surface area contributed by atoms with Gasteiger partial charge in [-0.3, -0.25) is 4.79 Å². The second-order valence-electron chi connectivity index (χ2n) is 12.4. The zero-order valence-corrected chi connectivity index (χ0v) is 27.0. The molecule has 0 heterocycles. The van der Waals surface area contributed by atoms with E-state index in [0.717, 1.165) is 11.1 Å². The van der Waals surface area contributed by atoms with Gasteiger partial charge in [0.1, 0.15) is 12.6 Å². The lowest BCUT2D eigenvalue weighted by Crippen LogP contribution is -2.58. The topological polar surface area (TPSA) is 125 Å². The van der Waals surface area contributed by atoms with E-state index in [-0.39, 0.29) is 36.9 Å². The number of aliphatic hydroxyl groups excluding tert-OH is 1. The van der Waals surface area contributed by atoms with Crippen molar-refractivity contribution in [3.8, 4) is 0 Å². The van der Waals surface area contributed by atoms with Crippen LogP contribution in [0.15, 0.2) is 95.9 Å². The predicted octanol–water partition coefficient (Wildman–Crippen LogP) is 4.76. The number of hydrogen-bond donors (Lipinski definition) is 3. The summed E-state index contributed by atoms with van der Waals surface area (Å²) < 4.78 is 33.8. The van der Waals surface area contributed by atoms with Crippen molar-refractivity contribution in [2.75, 3.05) is 13.1 Å². The fourth-order valence-electron chi connectivity index (χ4n) is 4.73. The van der Waals surface area contributed by atoms with Gasteiger partial charge in [0.05, 0.1) is 17.0 Å². The maximum atomic E-state index is 13.8. The van der Waals surface area contributed by atoms with E-state index < -0.39 is 45.6 Å². The van der Waals surface area contributed by atoms with Gasteiger partial charge >= 0.3 is 6.09 Å². The van der Waals surface area contributed by atoms with E-state index in [9.17, 15) is 23.1 Å². The average Bonchev–Trinajstić information content (AvgIpc) is 2.98. The maximum absolute atomic E-state index is 13.8. The molecule has 0 aliphatic carbocycles. The molecule has 3 aromatic rings. The van der Waals surface area contributed by atoms with Crippen LogP contribution in [0, 0.1) is 11.3 Å². The molecule has 3 aromatic carbocycles. The van der Waals surface area contributed by atoms with E-state index in [1.165, 1.54) is 16.4 Å². The molecular weight excluding hydrogens is 578 g/mol. The molecular formula is C34H45N3O6S. The fourth-order valence-corrected chi connectivity index (χ4v) is 6.37. The predicted molar refractivity (Wildman–Crippen MR) is 171 cm³/mol. The van der Waals surface area contributed by atoms with Crippen LogP contribution < -0.4 is 10.6 Å². The molecule has 0 saturated carbocycles. The number of rotatable bonds is 14. The highest BCUT2D eigenvalue weighted by Gasteiger charge is 2.37. The Balaban J connectivity index is 1.83. The van der Waals surface area contributed by atoms with Gasteiger partial charge in [0, 0.05) is 13.1 Å². The van der Waals surface area contributed by atoms with Crippen LogP contribution in [0.5, 0.6) is 0 Å². The smallest absolute Gasteiger partial charge is 0.408 e. The maximum Gasteiger partial charge on any atom is 0.408 e. The molecule has 10 heteroatoms. The minimum Gasteiger partial charge on any atom is -0.445 e. The molecule has 0 unspecified atom stereocenters. The lowest BCUT2D eigenvalue weighted by Gasteiger charge is -2.34. The Labute approximate surface area is 261 Å². The van der Waals surface area contributed by atoms with Crippen LogP contribution in [0.3, 0.4) is 0 Å². The Morgan fingerprint density at radius 1 is 0.818 bits per heavy atom. The summed E-state index contributed by atoms with van der Waals surface area (Å²) in [7, 11) is -3.92. The first kappa shape index (κ1) is 34.8. The minimum absolute atomic E-state index is 0.0146. The number of aliphatic hydroxyl groups is 1. The summed E-state index contributed by atoms with van der Waals surface area (Å²) >= 11 is 0. The molecule has 0 fully saturated rings. The molecule has 2 amide bonds. The lowest BCUT2D eigenvalue weighted by molar-refractivity contribution is -0.127. The van der Waals surface area contributed by atoms with Crippen LogP contribution in [0.2, 0.25) is 0 Å². The summed E-state index contributed by atoms with van der Waals surface area (Å²) in [6.45, 7) is 9.23. The Morgan fingerprint density at radius 3 is 1.86 bits per heavy atom. The summed E-state index contributed by atoms with van der Waals surface area (Å²) in [5, 5.41) is 17.2. The van der Waals surface area contributed by atoms with Crippen molar-refractivity contribution in [1.29, 1.82) is 0 Å². The van der Waals surface area contributed by atoms with Gasteiger partial charge in [-0.05, 0) is 41.0 Å². The van der Waals surface area contributed by atoms with E-state index in [0.29, 0.717) is 0 Å². The summed E-state index contributed by atoms with van der Waals surface area (Å²) in [4.78, 5) is 26.6. The van der Waals surface area contributed by atoms with Crippen molar-refractivity contribution in [3.63, 3.8) is 0 Å². The van der Waals surface area contributed by atoms with Crippen molar-refractivity contribution in [3.05, 3.63) is 102 Å². The third-order valence-electron chi connectivity index (χ3n) is 7.03. The van der Waals surface area contributed by atoms with Gasteiger partial charge in [-0.15, -0.1) is 0 Å². The number of carbonyl (C=O) groups excluding carboxylic acids is 2. The molecule has 3 rings (SSSR count). The van der Waals surface area contributed by atoms with Crippen molar-refractivity contribution >= 4 is 22.0 Å². The first-order chi connectivity index (χ1) is 20.8. The minimum atomic E-state index is -3.92. The molecule has 0 aliphatic heterocycles. The van der Waals surface area contributed by atoms with E-state index >= 15 is 0 Å². The standard InChI is InChI=1S/C34H45N3O6S/c1-25(2)22-37(44(41,42)28-19-13-8-14-20-28)23-30(38)29(21-26-15-9-6-10-16-26)35-32(39)31(34(3,4)5)36-33(40)43-24-27-17-11-7-12-18-27/h6-20,25,29-31,38H,21-24H2,1-5H3,(H,35,39)(H,36,40)/t29-,30+,31+/m0/s1. The molecule has 44 heavy (non-hydrogen) atoms. The zero-order valence-electron chi connectivity index (χ0n) is 26.1. The second-order valence-corrected chi connectivity index (χ2v) is 14.3. The largest absolute Gasteiger partial charge is 0.445 e. The number of amides is 2. The highest BCUT2D eigenvalue weighted by molar-refractivity contribution is 7.89. The third kappa shape index (κ3) is 10.5. The number of alkyl carbamates (subject to hydrolysis) is 1. The van der Waals surface area contributed by atoms with Crippen LogP contribution in [-0.4, -0.2) is 61.1 Å². The highest BCUT2D eigenvalue weighted by atomic mass is 32.2. The summed E-state index contributed by atoms with van der Waals surface area (Å²) in [6, 6.07) is 24.8. The van der Waals surface area contributed by atoms with E-state index in [2.05, 4.69) is 10.6 Å². The highest BCUT2D eigenvalue weighted by Crippen LogP contribution is 2.22. The third-order valence-corrected chi connectivity index (χ3v) is 8.88. The van der Waals surface area contributed by atoms with Crippen LogP contribution in [0.1, 0.15) is 45.7 Å². The first-order valence-corrected chi connectivity index (χ1v) is 16.3. The van der Waals surface area contributed by atoms with Crippen molar-refractivity contribution in [2.24, 2.45) is 11.3 Å². The van der Waals surface area contributed by atoms with Gasteiger partial charge < -0.3 is 20.5 Å². The Morgan fingerprint density at radius 2 is 1.34 bits per heavy atom. The van der Waals surface area contributed by atoms with Crippen molar-refractivity contribution in [2.45, 2.75) is 70.7 Å². The van der Waals surface area contributed by atoms with E-state index in [1.807, 2.05) is 95.3 Å². The molecule has 0 aromatic heterocycles. The molecule has 3 N–H and O–H groups in total. The first-order valence-electron chi connectivity index (χ1n) is 14.8. The van der Waals surface area contributed by atoms with Crippen LogP contribution in [0.25, 0.3) is 0 Å². The average molecular weight is 624 g/mol. The van der Waals surface area contributed by atoms with Crippen molar-refractivity contribution < 1.29 is 27.9 Å². The Bertz CT molecular complexity index is 1430. The van der Waals surface area contributed by atoms with Gasteiger partial charge in [0.25, 0.3) is 0 Å². The van der Waals surface area contributed by atoms with Gasteiger partial charge in [0.2, 0.25) is 15.9 Å². The molecule has 0 saturated heterocycles. The van der Waals surface area contributed by atoms with Crippen LogP contribution in [-0.2, 0) is 32.6 Å². The monoisotopic (exact) mass is 623 g/mol. The number of carbonyl (C=O) groups is 2. The molecule has 0 radical (unpaired) electrons. The number of hydrogen-bond acceptors (Lipinski definition) is 6. The Hall–Kier alpha value is -3.73. The molecule has 0 aliphatic rings. The SMILES string of the molecule is CC(C)CN(C[C@@H](O)[C@H](Cc1ccccc1)NC(=O)[C@@H](NC(=O)OCc1ccccc1)C(C)(C)C)S(=O)(=O)c1ccccc1. The molecule has 238 valence electrons.